The van der Waals surface area contributed by atoms with E-state index in [0.29, 0.717) is 11.6 Å². The molecule has 1 aliphatic rings. The van der Waals surface area contributed by atoms with Gasteiger partial charge in [-0.3, -0.25) is 4.79 Å². The monoisotopic (exact) mass is 325 g/mol. The third-order valence-corrected chi connectivity index (χ3v) is 3.58. The highest BCUT2D eigenvalue weighted by molar-refractivity contribution is 9.10. The van der Waals surface area contributed by atoms with Crippen molar-refractivity contribution in [3.8, 4) is 0 Å². The highest BCUT2D eigenvalue weighted by atomic mass is 79.9. The molecule has 0 unspecified atom stereocenters. The van der Waals surface area contributed by atoms with Crippen LogP contribution in [0.25, 0.3) is 5.70 Å². The van der Waals surface area contributed by atoms with E-state index in [2.05, 4.69) is 26.2 Å². The van der Waals surface area contributed by atoms with Crippen molar-refractivity contribution in [1.82, 2.24) is 5.32 Å². The van der Waals surface area contributed by atoms with E-state index < -0.39 is 0 Å². The number of nitrogens with zero attached hydrogens (tertiary/aromatic N) is 1. The predicted octanol–water partition coefficient (Wildman–Crippen LogP) is 1.97. The summed E-state index contributed by atoms with van der Waals surface area (Å²) < 4.78 is 0.999. The fourth-order valence-corrected chi connectivity index (χ4v) is 2.58. The van der Waals surface area contributed by atoms with Crippen LogP contribution in [0.15, 0.2) is 39.1 Å². The van der Waals surface area contributed by atoms with Crippen LogP contribution in [0, 0.1) is 0 Å². The number of rotatable bonds is 2. The minimum atomic E-state index is -0.218. The van der Waals surface area contributed by atoms with Gasteiger partial charge in [-0.1, -0.05) is 28.1 Å². The summed E-state index contributed by atoms with van der Waals surface area (Å²) in [5.41, 5.74) is 7.12. The van der Waals surface area contributed by atoms with Gasteiger partial charge in [-0.25, -0.2) is 4.99 Å². The van der Waals surface area contributed by atoms with Crippen molar-refractivity contribution in [2.75, 3.05) is 12.3 Å². The molecule has 6 heteroatoms. The minimum absolute atomic E-state index is 0.0282. The van der Waals surface area contributed by atoms with Crippen LogP contribution in [0.4, 0.5) is 0 Å². The first-order valence-electron chi connectivity index (χ1n) is 5.34. The summed E-state index contributed by atoms with van der Waals surface area (Å²) in [5.74, 6) is 1.08. The zero-order chi connectivity index (χ0) is 13.0. The van der Waals surface area contributed by atoms with E-state index in [1.54, 1.807) is 11.8 Å². The molecule has 0 spiro atoms. The SMILES string of the molecule is NCC(=O)NC1=NC(c2cccc(Br)c2)=CSC1. The maximum absolute atomic E-state index is 11.2. The number of halogens is 1. The zero-order valence-electron chi connectivity index (χ0n) is 9.52. The molecule has 2 rings (SSSR count). The number of amides is 1. The molecule has 0 saturated heterocycles. The Labute approximate surface area is 118 Å². The molecule has 1 aromatic carbocycles. The molecule has 0 aliphatic carbocycles. The lowest BCUT2D eigenvalue weighted by molar-refractivity contribution is -0.118. The molecule has 4 nitrogen and oxygen atoms in total. The fourth-order valence-electron chi connectivity index (χ4n) is 1.46. The quantitative estimate of drug-likeness (QED) is 0.873. The molecule has 0 bridgehead atoms. The largest absolute Gasteiger partial charge is 0.322 e. The summed E-state index contributed by atoms with van der Waals surface area (Å²) in [5, 5.41) is 4.68. The second kappa shape index (κ2) is 6.17. The number of hydrogen-bond donors (Lipinski definition) is 2. The van der Waals surface area contributed by atoms with Crippen molar-refractivity contribution >= 4 is 45.1 Å². The van der Waals surface area contributed by atoms with Gasteiger partial charge >= 0.3 is 0 Å². The topological polar surface area (TPSA) is 67.5 Å². The minimum Gasteiger partial charge on any atom is -0.322 e. The van der Waals surface area contributed by atoms with E-state index in [4.69, 9.17) is 5.73 Å². The molecule has 18 heavy (non-hydrogen) atoms. The van der Waals surface area contributed by atoms with Crippen molar-refractivity contribution in [3.05, 3.63) is 39.7 Å². The molecule has 0 fully saturated rings. The molecular formula is C12H12BrN3OS. The Morgan fingerprint density at radius 1 is 1.56 bits per heavy atom. The average molecular weight is 326 g/mol. The molecule has 0 radical (unpaired) electrons. The maximum atomic E-state index is 11.2. The van der Waals surface area contributed by atoms with Crippen molar-refractivity contribution < 1.29 is 4.79 Å². The third kappa shape index (κ3) is 3.44. The smallest absolute Gasteiger partial charge is 0.239 e. The normalized spacial score (nSPS) is 14.8. The lowest BCUT2D eigenvalue weighted by atomic mass is 10.2. The Bertz CT molecular complexity index is 528. The van der Waals surface area contributed by atoms with Crippen molar-refractivity contribution in [3.63, 3.8) is 0 Å². The van der Waals surface area contributed by atoms with Crippen molar-refractivity contribution in [2.45, 2.75) is 0 Å². The summed E-state index contributed by atoms with van der Waals surface area (Å²) >= 11 is 5.03. The molecule has 0 atom stereocenters. The summed E-state index contributed by atoms with van der Waals surface area (Å²) in [7, 11) is 0. The van der Waals surface area contributed by atoms with E-state index in [0.717, 1.165) is 15.7 Å². The van der Waals surface area contributed by atoms with E-state index in [-0.39, 0.29) is 12.5 Å². The number of carbonyl (C=O) groups excluding carboxylic acids is 1. The van der Waals surface area contributed by atoms with Crippen molar-refractivity contribution in [1.29, 1.82) is 0 Å². The highest BCUT2D eigenvalue weighted by Crippen LogP contribution is 2.26. The molecular weight excluding hydrogens is 314 g/mol. The number of carbonyl (C=O) groups is 1. The number of hydrogen-bond acceptors (Lipinski definition) is 4. The van der Waals surface area contributed by atoms with Gasteiger partial charge in [0.1, 0.15) is 5.84 Å². The van der Waals surface area contributed by atoms with Gasteiger partial charge in [-0.2, -0.15) is 0 Å². The van der Waals surface area contributed by atoms with Crippen LogP contribution in [0.2, 0.25) is 0 Å². The first-order valence-corrected chi connectivity index (χ1v) is 7.18. The maximum Gasteiger partial charge on any atom is 0.239 e. The van der Waals surface area contributed by atoms with Crippen LogP contribution >= 0.6 is 27.7 Å². The lowest BCUT2D eigenvalue weighted by Gasteiger charge is -2.13. The number of amidine groups is 1. The number of nitrogens with one attached hydrogen (secondary N) is 1. The van der Waals surface area contributed by atoms with Gasteiger partial charge < -0.3 is 11.1 Å². The highest BCUT2D eigenvalue weighted by Gasteiger charge is 2.11. The van der Waals surface area contributed by atoms with Crippen LogP contribution in [0.1, 0.15) is 5.56 Å². The van der Waals surface area contributed by atoms with Gasteiger partial charge in [0.25, 0.3) is 0 Å². The molecule has 1 amide bonds. The van der Waals surface area contributed by atoms with E-state index in [9.17, 15) is 4.79 Å². The van der Waals surface area contributed by atoms with Gasteiger partial charge in [-0.15, -0.1) is 11.8 Å². The standard InChI is InChI=1S/C12H12BrN3OS/c13-9-3-1-2-8(4-9)10-6-18-7-11(15-10)16-12(17)5-14/h1-4,6H,5,7,14H2,(H,15,16,17). The second-order valence-electron chi connectivity index (χ2n) is 3.64. The van der Waals surface area contributed by atoms with Crippen LogP contribution < -0.4 is 11.1 Å². The number of benzene rings is 1. The third-order valence-electron chi connectivity index (χ3n) is 2.26. The average Bonchev–Trinajstić information content (AvgIpc) is 2.39. The van der Waals surface area contributed by atoms with Gasteiger partial charge in [0, 0.05) is 10.0 Å². The molecule has 3 N–H and O–H groups in total. The molecule has 1 heterocycles. The summed E-state index contributed by atoms with van der Waals surface area (Å²) in [6, 6.07) is 7.88. The van der Waals surface area contributed by atoms with E-state index >= 15 is 0 Å². The Kier molecular flexibility index (Phi) is 4.57. The van der Waals surface area contributed by atoms with Gasteiger partial charge in [-0.05, 0) is 17.5 Å². The van der Waals surface area contributed by atoms with Crippen LogP contribution in [0.5, 0.6) is 0 Å². The van der Waals surface area contributed by atoms with Crippen molar-refractivity contribution in [2.24, 2.45) is 10.7 Å². The number of thioether (sulfide) groups is 1. The summed E-state index contributed by atoms with van der Waals surface area (Å²) in [6.07, 6.45) is 0. The van der Waals surface area contributed by atoms with E-state index in [1.807, 2.05) is 29.7 Å². The molecule has 94 valence electrons. The lowest BCUT2D eigenvalue weighted by Crippen LogP contribution is -2.37. The predicted molar refractivity (Wildman–Crippen MR) is 79.2 cm³/mol. The van der Waals surface area contributed by atoms with Gasteiger partial charge in [0.05, 0.1) is 18.0 Å². The van der Waals surface area contributed by atoms with Crippen LogP contribution in [-0.2, 0) is 4.79 Å². The second-order valence-corrected chi connectivity index (χ2v) is 5.41. The Balaban J connectivity index is 2.19. The Morgan fingerprint density at radius 3 is 3.11 bits per heavy atom. The molecule has 0 aromatic heterocycles. The fraction of sp³-hybridized carbons (Fsp3) is 0.167. The zero-order valence-corrected chi connectivity index (χ0v) is 11.9. The first kappa shape index (κ1) is 13.3. The molecule has 1 aromatic rings. The Morgan fingerprint density at radius 2 is 2.39 bits per heavy atom. The molecule has 1 aliphatic heterocycles. The van der Waals surface area contributed by atoms with Gasteiger partial charge in [0.2, 0.25) is 5.91 Å². The van der Waals surface area contributed by atoms with E-state index in [1.165, 1.54) is 0 Å². The number of aliphatic imine (C=N–C) groups is 1. The summed E-state index contributed by atoms with van der Waals surface area (Å²) in [4.78, 5) is 15.7. The Hall–Kier alpha value is -1.11. The van der Waals surface area contributed by atoms with Crippen LogP contribution in [-0.4, -0.2) is 24.0 Å². The van der Waals surface area contributed by atoms with Gasteiger partial charge in [0.15, 0.2) is 0 Å². The summed E-state index contributed by atoms with van der Waals surface area (Å²) in [6.45, 7) is -0.0282. The molecule has 0 saturated carbocycles. The first-order chi connectivity index (χ1) is 8.69. The van der Waals surface area contributed by atoms with Crippen LogP contribution in [0.3, 0.4) is 0 Å². The number of nitrogens with two attached hydrogens (primary N) is 1.